The van der Waals surface area contributed by atoms with Gasteiger partial charge in [-0.25, -0.2) is 0 Å². The Bertz CT molecular complexity index is 767. The number of carbonyl (C=O) groups excluding carboxylic acids is 1. The van der Waals surface area contributed by atoms with Crippen LogP contribution in [-0.4, -0.2) is 46.6 Å². The van der Waals surface area contributed by atoms with Crippen LogP contribution in [0.3, 0.4) is 0 Å². The standard InChI is InChI=1S/C18H22N4O3/c1-4-22-10-9-14(19-22)12-21(2)18(23)17-11-16(20-25-17)13-5-7-15(24-3)8-6-13/h5-10,17H,4,11-12H2,1-3H3. The van der Waals surface area contributed by atoms with Crippen molar-refractivity contribution in [2.45, 2.75) is 32.5 Å². The van der Waals surface area contributed by atoms with Crippen molar-refractivity contribution in [1.29, 1.82) is 0 Å². The summed E-state index contributed by atoms with van der Waals surface area (Å²) in [6, 6.07) is 9.47. The molecule has 1 unspecified atom stereocenters. The first-order valence-corrected chi connectivity index (χ1v) is 8.25. The Morgan fingerprint density at radius 2 is 2.12 bits per heavy atom. The molecule has 0 saturated heterocycles. The average Bonchev–Trinajstić information content (AvgIpc) is 3.30. The van der Waals surface area contributed by atoms with E-state index in [9.17, 15) is 4.79 Å². The van der Waals surface area contributed by atoms with E-state index >= 15 is 0 Å². The second-order valence-corrected chi connectivity index (χ2v) is 5.92. The van der Waals surface area contributed by atoms with Crippen molar-refractivity contribution < 1.29 is 14.4 Å². The summed E-state index contributed by atoms with van der Waals surface area (Å²) in [5.74, 6) is 0.681. The minimum Gasteiger partial charge on any atom is -0.497 e. The molecule has 1 aliphatic rings. The number of methoxy groups -OCH3 is 1. The molecule has 0 spiro atoms. The Kier molecular flexibility index (Phi) is 5.02. The lowest BCUT2D eigenvalue weighted by atomic mass is 10.0. The van der Waals surface area contributed by atoms with Crippen LogP contribution in [0.25, 0.3) is 0 Å². The molecule has 0 saturated carbocycles. The fraction of sp³-hybridized carbons (Fsp3) is 0.389. The molecule has 7 nitrogen and oxygen atoms in total. The Balaban J connectivity index is 1.58. The number of hydrogen-bond acceptors (Lipinski definition) is 5. The minimum absolute atomic E-state index is 0.0988. The van der Waals surface area contributed by atoms with E-state index in [1.807, 2.05) is 48.1 Å². The third-order valence-electron chi connectivity index (χ3n) is 4.16. The summed E-state index contributed by atoms with van der Waals surface area (Å²) in [5.41, 5.74) is 2.55. The molecular weight excluding hydrogens is 320 g/mol. The highest BCUT2D eigenvalue weighted by molar-refractivity contribution is 6.04. The highest BCUT2D eigenvalue weighted by Crippen LogP contribution is 2.20. The predicted octanol–water partition coefficient (Wildman–Crippen LogP) is 2.06. The highest BCUT2D eigenvalue weighted by Gasteiger charge is 2.31. The Morgan fingerprint density at radius 1 is 1.36 bits per heavy atom. The summed E-state index contributed by atoms with van der Waals surface area (Å²) in [6.07, 6.45) is 1.78. The third-order valence-corrected chi connectivity index (χ3v) is 4.16. The van der Waals surface area contributed by atoms with Gasteiger partial charge in [0.05, 0.1) is 25.1 Å². The number of aromatic nitrogens is 2. The lowest BCUT2D eigenvalue weighted by molar-refractivity contribution is -0.141. The van der Waals surface area contributed by atoms with Gasteiger partial charge >= 0.3 is 0 Å². The lowest BCUT2D eigenvalue weighted by Crippen LogP contribution is -2.36. The van der Waals surface area contributed by atoms with E-state index in [2.05, 4.69) is 10.3 Å². The van der Waals surface area contributed by atoms with Gasteiger partial charge in [-0.05, 0) is 42.8 Å². The molecule has 1 amide bonds. The molecule has 2 heterocycles. The number of hydrogen-bond donors (Lipinski definition) is 0. The number of oxime groups is 1. The van der Waals surface area contributed by atoms with Crippen molar-refractivity contribution in [3.8, 4) is 5.75 Å². The molecule has 25 heavy (non-hydrogen) atoms. The van der Waals surface area contributed by atoms with E-state index in [0.29, 0.717) is 13.0 Å². The van der Waals surface area contributed by atoms with Crippen LogP contribution in [-0.2, 0) is 22.7 Å². The Labute approximate surface area is 146 Å². The van der Waals surface area contributed by atoms with Gasteiger partial charge in [0, 0.05) is 26.2 Å². The molecule has 1 aliphatic heterocycles. The van der Waals surface area contributed by atoms with E-state index < -0.39 is 6.10 Å². The molecule has 3 rings (SSSR count). The van der Waals surface area contributed by atoms with E-state index in [1.165, 1.54) is 0 Å². The maximum Gasteiger partial charge on any atom is 0.267 e. The van der Waals surface area contributed by atoms with Crippen molar-refractivity contribution in [1.82, 2.24) is 14.7 Å². The fourth-order valence-corrected chi connectivity index (χ4v) is 2.69. The first-order chi connectivity index (χ1) is 12.1. The van der Waals surface area contributed by atoms with Crippen molar-refractivity contribution in [2.75, 3.05) is 14.2 Å². The highest BCUT2D eigenvalue weighted by atomic mass is 16.6. The van der Waals surface area contributed by atoms with Crippen LogP contribution in [0.2, 0.25) is 0 Å². The summed E-state index contributed by atoms with van der Waals surface area (Å²) in [5, 5.41) is 8.48. The number of aryl methyl sites for hydroxylation is 1. The number of ether oxygens (including phenoxy) is 1. The first kappa shape index (κ1) is 17.0. The SMILES string of the molecule is CCn1ccc(CN(C)C(=O)C2CC(c3ccc(OC)cc3)=NO2)n1. The van der Waals surface area contributed by atoms with Crippen molar-refractivity contribution in [2.24, 2.45) is 5.16 Å². The molecule has 1 aromatic heterocycles. The number of carbonyl (C=O) groups is 1. The molecule has 7 heteroatoms. The molecule has 2 aromatic rings. The second-order valence-electron chi connectivity index (χ2n) is 5.92. The van der Waals surface area contributed by atoms with Gasteiger partial charge in [-0.15, -0.1) is 0 Å². The minimum atomic E-state index is -0.588. The van der Waals surface area contributed by atoms with Gasteiger partial charge in [0.15, 0.2) is 0 Å². The number of likely N-dealkylation sites (N-methyl/N-ethyl adjacent to an activating group) is 1. The maximum absolute atomic E-state index is 12.6. The maximum atomic E-state index is 12.6. The Hall–Kier alpha value is -2.83. The molecule has 0 N–H and O–H groups in total. The molecular formula is C18H22N4O3. The molecule has 0 bridgehead atoms. The smallest absolute Gasteiger partial charge is 0.267 e. The molecule has 1 aromatic carbocycles. The first-order valence-electron chi connectivity index (χ1n) is 8.25. The fourth-order valence-electron chi connectivity index (χ4n) is 2.69. The monoisotopic (exact) mass is 342 g/mol. The zero-order chi connectivity index (χ0) is 17.8. The zero-order valence-electron chi connectivity index (χ0n) is 14.7. The quantitative estimate of drug-likeness (QED) is 0.806. The van der Waals surface area contributed by atoms with Gasteiger partial charge in [0.1, 0.15) is 5.75 Å². The normalized spacial score (nSPS) is 16.3. The molecule has 0 aliphatic carbocycles. The molecule has 1 atom stereocenters. The number of nitrogens with zero attached hydrogens (tertiary/aromatic N) is 4. The average molecular weight is 342 g/mol. The van der Waals surface area contributed by atoms with Crippen molar-refractivity contribution in [3.05, 3.63) is 47.8 Å². The summed E-state index contributed by atoms with van der Waals surface area (Å²) in [4.78, 5) is 19.6. The van der Waals surface area contributed by atoms with Gasteiger partial charge in [0.2, 0.25) is 6.10 Å². The zero-order valence-corrected chi connectivity index (χ0v) is 14.7. The van der Waals surface area contributed by atoms with Gasteiger partial charge < -0.3 is 14.5 Å². The molecule has 0 fully saturated rings. The van der Waals surface area contributed by atoms with E-state index in [0.717, 1.165) is 29.3 Å². The number of rotatable bonds is 6. The largest absolute Gasteiger partial charge is 0.497 e. The topological polar surface area (TPSA) is 69.0 Å². The van der Waals surface area contributed by atoms with Gasteiger partial charge in [-0.2, -0.15) is 5.10 Å². The molecule has 0 radical (unpaired) electrons. The van der Waals surface area contributed by atoms with Gasteiger partial charge in [0.25, 0.3) is 5.91 Å². The number of benzene rings is 1. The van der Waals surface area contributed by atoms with E-state index in [-0.39, 0.29) is 5.91 Å². The number of amides is 1. The van der Waals surface area contributed by atoms with Crippen LogP contribution >= 0.6 is 0 Å². The van der Waals surface area contributed by atoms with E-state index in [1.54, 1.807) is 19.1 Å². The molecule has 132 valence electrons. The van der Waals surface area contributed by atoms with E-state index in [4.69, 9.17) is 9.57 Å². The summed E-state index contributed by atoms with van der Waals surface area (Å²) >= 11 is 0. The lowest BCUT2D eigenvalue weighted by Gasteiger charge is -2.18. The summed E-state index contributed by atoms with van der Waals surface area (Å²) < 4.78 is 6.99. The van der Waals surface area contributed by atoms with Crippen LogP contribution in [0.1, 0.15) is 24.6 Å². The van der Waals surface area contributed by atoms with Crippen LogP contribution in [0.15, 0.2) is 41.7 Å². The van der Waals surface area contributed by atoms with Crippen molar-refractivity contribution in [3.63, 3.8) is 0 Å². The second kappa shape index (κ2) is 7.38. The summed E-state index contributed by atoms with van der Waals surface area (Å²) in [7, 11) is 3.38. The van der Waals surface area contributed by atoms with Crippen LogP contribution in [0.5, 0.6) is 5.75 Å². The van der Waals surface area contributed by atoms with Gasteiger partial charge in [-0.3, -0.25) is 9.48 Å². The predicted molar refractivity (Wildman–Crippen MR) is 93.4 cm³/mol. The van der Waals surface area contributed by atoms with Crippen LogP contribution in [0.4, 0.5) is 0 Å². The van der Waals surface area contributed by atoms with Crippen LogP contribution in [0, 0.1) is 0 Å². The van der Waals surface area contributed by atoms with Crippen LogP contribution < -0.4 is 4.74 Å². The van der Waals surface area contributed by atoms with Crippen molar-refractivity contribution >= 4 is 11.6 Å². The summed E-state index contributed by atoms with van der Waals surface area (Å²) in [6.45, 7) is 3.28. The Morgan fingerprint density at radius 3 is 2.76 bits per heavy atom. The van der Waals surface area contributed by atoms with Gasteiger partial charge in [-0.1, -0.05) is 5.16 Å². The third kappa shape index (κ3) is 3.81.